The summed E-state index contributed by atoms with van der Waals surface area (Å²) >= 11 is 0. The van der Waals surface area contributed by atoms with Gasteiger partial charge in [-0.3, -0.25) is 0 Å². The number of nitrogens with one attached hydrogen (secondary N) is 1. The van der Waals surface area contributed by atoms with E-state index in [4.69, 9.17) is 4.74 Å². The summed E-state index contributed by atoms with van der Waals surface area (Å²) in [5.41, 5.74) is 1.29. The SMILES string of the molecule is CCCC(C)COc1ccccc1CNC1CC1. The Morgan fingerprint density at radius 3 is 2.83 bits per heavy atom. The van der Waals surface area contributed by atoms with Crippen molar-refractivity contribution in [2.75, 3.05) is 6.61 Å². The van der Waals surface area contributed by atoms with E-state index in [1.54, 1.807) is 0 Å². The van der Waals surface area contributed by atoms with Gasteiger partial charge in [0.15, 0.2) is 0 Å². The molecule has 1 aromatic rings. The summed E-state index contributed by atoms with van der Waals surface area (Å²) in [6.07, 6.45) is 5.13. The maximum atomic E-state index is 5.96. The quantitative estimate of drug-likeness (QED) is 0.755. The number of rotatable bonds is 8. The fourth-order valence-electron chi connectivity index (χ4n) is 2.14. The van der Waals surface area contributed by atoms with Crippen molar-refractivity contribution in [2.45, 2.75) is 52.1 Å². The van der Waals surface area contributed by atoms with E-state index in [1.807, 2.05) is 0 Å². The summed E-state index contributed by atoms with van der Waals surface area (Å²) in [5, 5.41) is 3.55. The van der Waals surface area contributed by atoms with Gasteiger partial charge in [0.05, 0.1) is 6.61 Å². The Morgan fingerprint density at radius 1 is 1.33 bits per heavy atom. The van der Waals surface area contributed by atoms with E-state index < -0.39 is 0 Å². The predicted octanol–water partition coefficient (Wildman–Crippen LogP) is 3.75. The van der Waals surface area contributed by atoms with E-state index in [9.17, 15) is 0 Å². The number of hydrogen-bond acceptors (Lipinski definition) is 2. The van der Waals surface area contributed by atoms with Gasteiger partial charge in [0.25, 0.3) is 0 Å². The highest BCUT2D eigenvalue weighted by Crippen LogP contribution is 2.23. The van der Waals surface area contributed by atoms with Crippen LogP contribution in [0.1, 0.15) is 45.1 Å². The van der Waals surface area contributed by atoms with Crippen LogP contribution in [0.3, 0.4) is 0 Å². The molecule has 0 bridgehead atoms. The molecule has 1 unspecified atom stereocenters. The molecular weight excluding hydrogens is 222 g/mol. The van der Waals surface area contributed by atoms with Gasteiger partial charge < -0.3 is 10.1 Å². The molecule has 0 aliphatic heterocycles. The van der Waals surface area contributed by atoms with E-state index in [-0.39, 0.29) is 0 Å². The zero-order valence-electron chi connectivity index (χ0n) is 11.6. The van der Waals surface area contributed by atoms with E-state index in [0.29, 0.717) is 5.92 Å². The van der Waals surface area contributed by atoms with Crippen LogP contribution < -0.4 is 10.1 Å². The fraction of sp³-hybridized carbons (Fsp3) is 0.625. The zero-order chi connectivity index (χ0) is 12.8. The number of benzene rings is 1. The normalized spacial score (nSPS) is 16.6. The third-order valence-electron chi connectivity index (χ3n) is 3.44. The molecule has 100 valence electrons. The van der Waals surface area contributed by atoms with Gasteiger partial charge in [0, 0.05) is 18.2 Å². The second-order valence-corrected chi connectivity index (χ2v) is 5.47. The van der Waals surface area contributed by atoms with Crippen molar-refractivity contribution in [1.29, 1.82) is 0 Å². The van der Waals surface area contributed by atoms with Crippen LogP contribution in [-0.4, -0.2) is 12.6 Å². The number of para-hydroxylation sites is 1. The van der Waals surface area contributed by atoms with Gasteiger partial charge in [-0.15, -0.1) is 0 Å². The Bertz CT molecular complexity index is 360. The fourth-order valence-corrected chi connectivity index (χ4v) is 2.14. The summed E-state index contributed by atoms with van der Waals surface area (Å²) in [7, 11) is 0. The lowest BCUT2D eigenvalue weighted by atomic mass is 10.1. The molecule has 1 aliphatic rings. The van der Waals surface area contributed by atoms with Crippen LogP contribution in [0.5, 0.6) is 5.75 Å². The third kappa shape index (κ3) is 4.34. The van der Waals surface area contributed by atoms with Crippen molar-refractivity contribution < 1.29 is 4.74 Å². The molecule has 2 rings (SSSR count). The lowest BCUT2D eigenvalue weighted by Crippen LogP contribution is -2.17. The van der Waals surface area contributed by atoms with Gasteiger partial charge in [-0.2, -0.15) is 0 Å². The minimum absolute atomic E-state index is 0.638. The molecule has 1 aromatic carbocycles. The summed E-state index contributed by atoms with van der Waals surface area (Å²) < 4.78 is 5.96. The molecule has 1 saturated carbocycles. The first-order chi connectivity index (χ1) is 8.79. The predicted molar refractivity (Wildman–Crippen MR) is 75.9 cm³/mol. The maximum Gasteiger partial charge on any atom is 0.123 e. The highest BCUT2D eigenvalue weighted by Gasteiger charge is 2.20. The van der Waals surface area contributed by atoms with E-state index >= 15 is 0 Å². The Labute approximate surface area is 111 Å². The molecule has 1 atom stereocenters. The number of hydrogen-bond donors (Lipinski definition) is 1. The first-order valence-corrected chi connectivity index (χ1v) is 7.23. The Kier molecular flexibility index (Phi) is 5.06. The van der Waals surface area contributed by atoms with Crippen LogP contribution in [0, 0.1) is 5.92 Å². The lowest BCUT2D eigenvalue weighted by molar-refractivity contribution is 0.249. The van der Waals surface area contributed by atoms with Crippen LogP contribution in [0.25, 0.3) is 0 Å². The van der Waals surface area contributed by atoms with Crippen molar-refractivity contribution in [3.8, 4) is 5.75 Å². The highest BCUT2D eigenvalue weighted by molar-refractivity contribution is 5.33. The van der Waals surface area contributed by atoms with Crippen LogP contribution >= 0.6 is 0 Å². The topological polar surface area (TPSA) is 21.3 Å². The van der Waals surface area contributed by atoms with Gasteiger partial charge in [-0.05, 0) is 31.2 Å². The first-order valence-electron chi connectivity index (χ1n) is 7.23. The lowest BCUT2D eigenvalue weighted by Gasteiger charge is -2.15. The molecule has 0 amide bonds. The Balaban J connectivity index is 1.85. The number of ether oxygens (including phenoxy) is 1. The maximum absolute atomic E-state index is 5.96. The molecule has 2 nitrogen and oxygen atoms in total. The van der Waals surface area contributed by atoms with Crippen molar-refractivity contribution in [1.82, 2.24) is 5.32 Å². The molecule has 2 heteroatoms. The molecule has 1 aliphatic carbocycles. The molecule has 18 heavy (non-hydrogen) atoms. The standard InChI is InChI=1S/C16H25NO/c1-3-6-13(2)12-18-16-8-5-4-7-14(16)11-17-15-9-10-15/h4-5,7-8,13,15,17H,3,6,9-12H2,1-2H3. The molecule has 1 N–H and O–H groups in total. The zero-order valence-corrected chi connectivity index (χ0v) is 11.6. The van der Waals surface area contributed by atoms with Gasteiger partial charge in [-0.25, -0.2) is 0 Å². The monoisotopic (exact) mass is 247 g/mol. The molecule has 0 spiro atoms. The second kappa shape index (κ2) is 6.79. The minimum Gasteiger partial charge on any atom is -0.493 e. The minimum atomic E-state index is 0.638. The van der Waals surface area contributed by atoms with Gasteiger partial charge in [0.1, 0.15) is 5.75 Å². The second-order valence-electron chi connectivity index (χ2n) is 5.47. The van der Waals surface area contributed by atoms with Gasteiger partial charge in [-0.1, -0.05) is 38.5 Å². The van der Waals surface area contributed by atoms with Crippen LogP contribution in [0.4, 0.5) is 0 Å². The summed E-state index contributed by atoms with van der Waals surface area (Å²) in [5.74, 6) is 1.69. The summed E-state index contributed by atoms with van der Waals surface area (Å²) in [6, 6.07) is 9.14. The van der Waals surface area contributed by atoms with Crippen molar-refractivity contribution in [3.63, 3.8) is 0 Å². The average molecular weight is 247 g/mol. The first kappa shape index (κ1) is 13.4. The van der Waals surface area contributed by atoms with Crippen molar-refractivity contribution >= 4 is 0 Å². The van der Waals surface area contributed by atoms with E-state index in [0.717, 1.165) is 24.9 Å². The Morgan fingerprint density at radius 2 is 2.11 bits per heavy atom. The average Bonchev–Trinajstić information content (AvgIpc) is 3.19. The van der Waals surface area contributed by atoms with Gasteiger partial charge in [0.2, 0.25) is 0 Å². The molecular formula is C16H25NO. The smallest absolute Gasteiger partial charge is 0.123 e. The molecule has 0 heterocycles. The van der Waals surface area contributed by atoms with Crippen LogP contribution in [-0.2, 0) is 6.54 Å². The van der Waals surface area contributed by atoms with Crippen LogP contribution in [0.2, 0.25) is 0 Å². The molecule has 1 fully saturated rings. The highest BCUT2D eigenvalue weighted by atomic mass is 16.5. The van der Waals surface area contributed by atoms with Crippen molar-refractivity contribution in [2.24, 2.45) is 5.92 Å². The Hall–Kier alpha value is -1.02. The van der Waals surface area contributed by atoms with Crippen molar-refractivity contribution in [3.05, 3.63) is 29.8 Å². The molecule has 0 aromatic heterocycles. The summed E-state index contributed by atoms with van der Waals surface area (Å²) in [4.78, 5) is 0. The van der Waals surface area contributed by atoms with Gasteiger partial charge >= 0.3 is 0 Å². The third-order valence-corrected chi connectivity index (χ3v) is 3.44. The molecule has 0 saturated heterocycles. The van der Waals surface area contributed by atoms with E-state index in [1.165, 1.54) is 31.2 Å². The molecule has 0 radical (unpaired) electrons. The summed E-state index contributed by atoms with van der Waals surface area (Å²) in [6.45, 7) is 6.25. The van der Waals surface area contributed by atoms with Crippen LogP contribution in [0.15, 0.2) is 24.3 Å². The van der Waals surface area contributed by atoms with E-state index in [2.05, 4.69) is 43.4 Å². The largest absolute Gasteiger partial charge is 0.493 e.